The van der Waals surface area contributed by atoms with Crippen LogP contribution in [-0.2, 0) is 16.4 Å². The molecule has 0 unspecified atom stereocenters. The predicted molar refractivity (Wildman–Crippen MR) is 73.3 cm³/mol. The normalized spacial score (nSPS) is 11.6. The molecule has 2 N–H and O–H groups in total. The van der Waals surface area contributed by atoms with E-state index in [4.69, 9.17) is 5.73 Å². The minimum absolute atomic E-state index is 0.00318. The van der Waals surface area contributed by atoms with E-state index in [-0.39, 0.29) is 10.7 Å². The van der Waals surface area contributed by atoms with Gasteiger partial charge < -0.3 is 5.73 Å². The van der Waals surface area contributed by atoms with Crippen molar-refractivity contribution in [1.29, 1.82) is 0 Å². The Kier molecular flexibility index (Phi) is 5.04. The Morgan fingerprint density at radius 2 is 1.94 bits per heavy atom. The van der Waals surface area contributed by atoms with E-state index in [1.807, 2.05) is 30.3 Å². The van der Waals surface area contributed by atoms with Gasteiger partial charge >= 0.3 is 0 Å². The molecule has 6 heteroatoms. The van der Waals surface area contributed by atoms with Crippen LogP contribution in [0.5, 0.6) is 0 Å². The first-order valence-electron chi connectivity index (χ1n) is 5.18. The lowest BCUT2D eigenvalue weighted by atomic mass is 10.2. The molecule has 0 aliphatic heterocycles. The summed E-state index contributed by atoms with van der Waals surface area (Å²) in [6.45, 7) is 0.426. The van der Waals surface area contributed by atoms with Crippen LogP contribution in [0.3, 0.4) is 0 Å². The molecule has 0 amide bonds. The van der Waals surface area contributed by atoms with E-state index in [0.29, 0.717) is 13.0 Å². The molecule has 0 bridgehead atoms. The van der Waals surface area contributed by atoms with E-state index in [0.717, 1.165) is 5.56 Å². The molecule has 1 aromatic carbocycles. The van der Waals surface area contributed by atoms with Crippen molar-refractivity contribution in [2.24, 2.45) is 5.73 Å². The zero-order valence-corrected chi connectivity index (χ0v) is 11.3. The molecule has 0 heterocycles. The van der Waals surface area contributed by atoms with Crippen molar-refractivity contribution < 1.29 is 8.42 Å². The molecule has 0 aliphatic rings. The minimum atomic E-state index is -3.36. The number of hydrogen-bond donors (Lipinski definition) is 1. The van der Waals surface area contributed by atoms with E-state index in [1.54, 1.807) is 0 Å². The summed E-state index contributed by atoms with van der Waals surface area (Å²) in [6.07, 6.45) is 0.675. The maximum absolute atomic E-state index is 11.7. The summed E-state index contributed by atoms with van der Waals surface area (Å²) < 4.78 is 24.7. The first-order chi connectivity index (χ1) is 7.92. The highest BCUT2D eigenvalue weighted by Gasteiger charge is 2.18. The summed E-state index contributed by atoms with van der Waals surface area (Å²) in [5, 5.41) is 0. The van der Waals surface area contributed by atoms with Gasteiger partial charge in [0.05, 0.1) is 4.99 Å². The smallest absolute Gasteiger partial charge is 0.220 e. The third-order valence-corrected chi connectivity index (χ3v) is 4.49. The number of nitrogens with two attached hydrogens (primary N) is 1. The van der Waals surface area contributed by atoms with Crippen LogP contribution in [0.15, 0.2) is 30.3 Å². The van der Waals surface area contributed by atoms with Gasteiger partial charge in [0.25, 0.3) is 0 Å². The SMILES string of the molecule is CN(CCc1ccccc1)S(=O)(=O)CC(N)=S. The van der Waals surface area contributed by atoms with Gasteiger partial charge in [-0.05, 0) is 12.0 Å². The van der Waals surface area contributed by atoms with Gasteiger partial charge in [-0.1, -0.05) is 42.5 Å². The van der Waals surface area contributed by atoms with Gasteiger partial charge in [0.2, 0.25) is 10.0 Å². The van der Waals surface area contributed by atoms with Crippen molar-refractivity contribution in [2.45, 2.75) is 6.42 Å². The van der Waals surface area contributed by atoms with Crippen LogP contribution in [0.2, 0.25) is 0 Å². The lowest BCUT2D eigenvalue weighted by molar-refractivity contribution is 0.476. The summed E-state index contributed by atoms with van der Waals surface area (Å²) in [6, 6.07) is 9.72. The van der Waals surface area contributed by atoms with Crippen LogP contribution < -0.4 is 5.73 Å². The summed E-state index contributed by atoms with van der Waals surface area (Å²) in [4.78, 5) is -0.00318. The standard InChI is InChI=1S/C11H16N2O2S2/c1-13(17(14,15)9-11(12)16)8-7-10-5-3-2-4-6-10/h2-6H,7-9H2,1H3,(H2,12,16). The number of hydrogen-bond acceptors (Lipinski definition) is 3. The topological polar surface area (TPSA) is 63.4 Å². The Bertz CT molecular complexity index is 472. The molecule has 0 saturated heterocycles. The quantitative estimate of drug-likeness (QED) is 0.777. The molecular weight excluding hydrogens is 256 g/mol. The fourth-order valence-electron chi connectivity index (χ4n) is 1.36. The third-order valence-electron chi connectivity index (χ3n) is 2.36. The molecule has 0 fully saturated rings. The predicted octanol–water partition coefficient (Wildman–Crippen LogP) is 0.777. The van der Waals surface area contributed by atoms with Gasteiger partial charge in [0.15, 0.2) is 0 Å². The summed E-state index contributed by atoms with van der Waals surface area (Å²) in [7, 11) is -1.82. The maximum Gasteiger partial charge on any atom is 0.220 e. The van der Waals surface area contributed by atoms with Gasteiger partial charge in [0.1, 0.15) is 5.75 Å². The van der Waals surface area contributed by atoms with Crippen LogP contribution in [0.1, 0.15) is 5.56 Å². The van der Waals surface area contributed by atoms with Crippen molar-refractivity contribution in [1.82, 2.24) is 4.31 Å². The number of benzene rings is 1. The largest absolute Gasteiger partial charge is 0.392 e. The first-order valence-corrected chi connectivity index (χ1v) is 7.20. The van der Waals surface area contributed by atoms with Gasteiger partial charge in [-0.15, -0.1) is 0 Å². The lowest BCUT2D eigenvalue weighted by Crippen LogP contribution is -2.35. The molecule has 0 spiro atoms. The zero-order chi connectivity index (χ0) is 12.9. The average Bonchev–Trinajstić information content (AvgIpc) is 2.25. The van der Waals surface area contributed by atoms with Crippen LogP contribution in [0, 0.1) is 0 Å². The Morgan fingerprint density at radius 3 is 2.47 bits per heavy atom. The van der Waals surface area contributed by atoms with E-state index in [1.165, 1.54) is 11.4 Å². The molecule has 4 nitrogen and oxygen atoms in total. The Morgan fingerprint density at radius 1 is 1.35 bits per heavy atom. The van der Waals surface area contributed by atoms with Crippen LogP contribution in [0.4, 0.5) is 0 Å². The third kappa shape index (κ3) is 4.80. The average molecular weight is 272 g/mol. The summed E-state index contributed by atoms with van der Waals surface area (Å²) >= 11 is 4.61. The van der Waals surface area contributed by atoms with Crippen molar-refractivity contribution in [2.75, 3.05) is 19.3 Å². The van der Waals surface area contributed by atoms with Gasteiger partial charge in [-0.2, -0.15) is 0 Å². The molecule has 94 valence electrons. The van der Waals surface area contributed by atoms with Crippen LogP contribution in [0.25, 0.3) is 0 Å². The summed E-state index contributed by atoms with van der Waals surface area (Å²) in [5.41, 5.74) is 6.35. The molecule has 0 atom stereocenters. The number of likely N-dealkylation sites (N-methyl/N-ethyl adjacent to an activating group) is 1. The maximum atomic E-state index is 11.7. The van der Waals surface area contributed by atoms with E-state index in [2.05, 4.69) is 12.2 Å². The number of nitrogens with zero attached hydrogens (tertiary/aromatic N) is 1. The molecule has 0 radical (unpaired) electrons. The second-order valence-electron chi connectivity index (χ2n) is 3.78. The highest BCUT2D eigenvalue weighted by atomic mass is 32.2. The molecule has 0 aliphatic carbocycles. The first kappa shape index (κ1) is 14.1. The van der Waals surface area contributed by atoms with Crippen molar-refractivity contribution in [3.05, 3.63) is 35.9 Å². The highest BCUT2D eigenvalue weighted by molar-refractivity contribution is 7.92. The highest BCUT2D eigenvalue weighted by Crippen LogP contribution is 2.04. The molecule has 1 aromatic rings. The second kappa shape index (κ2) is 6.09. The van der Waals surface area contributed by atoms with Gasteiger partial charge in [-0.3, -0.25) is 0 Å². The van der Waals surface area contributed by atoms with E-state index >= 15 is 0 Å². The molecule has 0 saturated carbocycles. The van der Waals surface area contributed by atoms with Crippen molar-refractivity contribution >= 4 is 27.2 Å². The fourth-order valence-corrected chi connectivity index (χ4v) is 2.76. The molecule has 17 heavy (non-hydrogen) atoms. The Hall–Kier alpha value is -0.980. The van der Waals surface area contributed by atoms with Gasteiger partial charge in [-0.25, -0.2) is 12.7 Å². The Balaban J connectivity index is 2.55. The Labute approximate surface area is 107 Å². The minimum Gasteiger partial charge on any atom is -0.392 e. The van der Waals surface area contributed by atoms with Crippen molar-refractivity contribution in [3.8, 4) is 0 Å². The lowest BCUT2D eigenvalue weighted by Gasteiger charge is -2.16. The van der Waals surface area contributed by atoms with Crippen LogP contribution >= 0.6 is 12.2 Å². The molecule has 1 rings (SSSR count). The van der Waals surface area contributed by atoms with E-state index < -0.39 is 10.0 Å². The van der Waals surface area contributed by atoms with Crippen LogP contribution in [-0.4, -0.2) is 37.1 Å². The van der Waals surface area contributed by atoms with Crippen molar-refractivity contribution in [3.63, 3.8) is 0 Å². The number of sulfonamides is 1. The molecule has 0 aromatic heterocycles. The second-order valence-corrected chi connectivity index (χ2v) is 6.38. The number of thiocarbonyl (C=S) groups is 1. The monoisotopic (exact) mass is 272 g/mol. The van der Waals surface area contributed by atoms with E-state index in [9.17, 15) is 8.42 Å². The zero-order valence-electron chi connectivity index (χ0n) is 9.67. The van der Waals surface area contributed by atoms with Gasteiger partial charge in [0, 0.05) is 13.6 Å². The summed E-state index contributed by atoms with van der Waals surface area (Å²) in [5.74, 6) is -0.270. The number of rotatable bonds is 6. The molecular formula is C11H16N2O2S2. The fraction of sp³-hybridized carbons (Fsp3) is 0.364.